The van der Waals surface area contributed by atoms with Gasteiger partial charge in [-0.15, -0.1) is 0 Å². The lowest BCUT2D eigenvalue weighted by Gasteiger charge is -2.09. The fourth-order valence-corrected chi connectivity index (χ4v) is 2.55. The maximum atomic E-state index is 12.3. The van der Waals surface area contributed by atoms with Crippen molar-refractivity contribution in [2.24, 2.45) is 0 Å². The van der Waals surface area contributed by atoms with Gasteiger partial charge in [0.15, 0.2) is 0 Å². The molecule has 3 aromatic rings. The number of anilines is 1. The predicted molar refractivity (Wildman–Crippen MR) is 90.9 cm³/mol. The number of imidazole rings is 1. The molecule has 0 aliphatic carbocycles. The Morgan fingerprint density at radius 1 is 1.25 bits per heavy atom. The lowest BCUT2D eigenvalue weighted by Crippen LogP contribution is -2.18. The summed E-state index contributed by atoms with van der Waals surface area (Å²) in [7, 11) is 0. The molecular weight excluding hydrogens is 308 g/mol. The number of hydrogen-bond donors (Lipinski definition) is 1. The molecule has 0 bridgehead atoms. The highest BCUT2D eigenvalue weighted by atomic mass is 16.6. The van der Waals surface area contributed by atoms with E-state index >= 15 is 0 Å². The predicted octanol–water partition coefficient (Wildman–Crippen LogP) is 3.20. The second-order valence-corrected chi connectivity index (χ2v) is 5.62. The van der Waals surface area contributed by atoms with E-state index in [-0.39, 0.29) is 18.1 Å². The van der Waals surface area contributed by atoms with E-state index in [1.54, 1.807) is 12.1 Å². The molecule has 0 radical (unpaired) electrons. The Bertz CT molecular complexity index is 946. The van der Waals surface area contributed by atoms with Crippen molar-refractivity contribution in [2.75, 3.05) is 5.32 Å². The number of amides is 1. The highest BCUT2D eigenvalue weighted by Crippen LogP contribution is 2.24. The number of para-hydroxylation sites is 1. The van der Waals surface area contributed by atoms with Crippen molar-refractivity contribution in [3.8, 4) is 0 Å². The van der Waals surface area contributed by atoms with Crippen LogP contribution in [0.5, 0.6) is 0 Å². The number of benzene rings is 2. The summed E-state index contributed by atoms with van der Waals surface area (Å²) in [6, 6.07) is 10.3. The molecule has 0 aliphatic heterocycles. The standard InChI is InChI=1S/C17H16N4O3/c1-11-6-7-13(8-12(11)2)19-16(22)9-20-10-18-14-4-3-5-15(17(14)20)21(23)24/h3-8,10H,9H2,1-2H3,(H,19,22). The molecule has 3 rings (SSSR count). The van der Waals surface area contributed by atoms with Crippen LogP contribution in [-0.4, -0.2) is 20.4 Å². The summed E-state index contributed by atoms with van der Waals surface area (Å²) < 4.78 is 1.49. The van der Waals surface area contributed by atoms with Crippen molar-refractivity contribution in [3.63, 3.8) is 0 Å². The first-order valence-corrected chi connectivity index (χ1v) is 7.41. The second-order valence-electron chi connectivity index (χ2n) is 5.62. The first-order chi connectivity index (χ1) is 11.5. The van der Waals surface area contributed by atoms with Crippen molar-refractivity contribution >= 4 is 28.3 Å². The Morgan fingerprint density at radius 2 is 2.04 bits per heavy atom. The molecule has 24 heavy (non-hydrogen) atoms. The molecule has 122 valence electrons. The van der Waals surface area contributed by atoms with Crippen LogP contribution in [0.15, 0.2) is 42.7 Å². The zero-order valence-electron chi connectivity index (χ0n) is 13.3. The number of carbonyl (C=O) groups is 1. The number of aryl methyl sites for hydroxylation is 2. The van der Waals surface area contributed by atoms with Crippen LogP contribution in [0.25, 0.3) is 11.0 Å². The van der Waals surface area contributed by atoms with E-state index < -0.39 is 4.92 Å². The summed E-state index contributed by atoms with van der Waals surface area (Å²) in [6.45, 7) is 3.92. The smallest absolute Gasteiger partial charge is 0.295 e. The molecule has 0 unspecified atom stereocenters. The Morgan fingerprint density at radius 3 is 2.75 bits per heavy atom. The summed E-state index contributed by atoms with van der Waals surface area (Å²) in [4.78, 5) is 27.1. The highest BCUT2D eigenvalue weighted by molar-refractivity contribution is 5.93. The van der Waals surface area contributed by atoms with Gasteiger partial charge in [0, 0.05) is 11.8 Å². The maximum Gasteiger partial charge on any atom is 0.295 e. The minimum absolute atomic E-state index is 0.0473. The van der Waals surface area contributed by atoms with Gasteiger partial charge >= 0.3 is 0 Å². The number of nitro groups is 1. The first-order valence-electron chi connectivity index (χ1n) is 7.41. The Balaban J connectivity index is 1.85. The van der Waals surface area contributed by atoms with Gasteiger partial charge in [0.05, 0.1) is 16.8 Å². The van der Waals surface area contributed by atoms with E-state index in [0.29, 0.717) is 16.7 Å². The third kappa shape index (κ3) is 2.96. The number of non-ortho nitro benzene ring substituents is 1. The molecule has 0 saturated carbocycles. The zero-order valence-corrected chi connectivity index (χ0v) is 13.3. The van der Waals surface area contributed by atoms with E-state index in [9.17, 15) is 14.9 Å². The van der Waals surface area contributed by atoms with Gasteiger partial charge < -0.3 is 9.88 Å². The monoisotopic (exact) mass is 324 g/mol. The molecule has 0 atom stereocenters. The van der Waals surface area contributed by atoms with Crippen LogP contribution in [0.2, 0.25) is 0 Å². The minimum Gasteiger partial charge on any atom is -0.325 e. The topological polar surface area (TPSA) is 90.1 Å². The van der Waals surface area contributed by atoms with Gasteiger partial charge in [0.1, 0.15) is 12.1 Å². The molecule has 1 amide bonds. The van der Waals surface area contributed by atoms with Gasteiger partial charge in [-0.1, -0.05) is 12.1 Å². The largest absolute Gasteiger partial charge is 0.325 e. The van der Waals surface area contributed by atoms with E-state index in [0.717, 1.165) is 11.1 Å². The minimum atomic E-state index is -0.470. The molecule has 1 aromatic heterocycles. The molecule has 1 heterocycles. The van der Waals surface area contributed by atoms with E-state index in [1.807, 2.05) is 32.0 Å². The second kappa shape index (κ2) is 6.11. The number of hydrogen-bond acceptors (Lipinski definition) is 4. The van der Waals surface area contributed by atoms with Crippen LogP contribution in [0, 0.1) is 24.0 Å². The van der Waals surface area contributed by atoms with Crippen LogP contribution in [0.1, 0.15) is 11.1 Å². The first kappa shape index (κ1) is 15.7. The summed E-state index contributed by atoms with van der Waals surface area (Å²) in [5.74, 6) is -0.268. The third-order valence-electron chi connectivity index (χ3n) is 3.92. The molecule has 0 spiro atoms. The van der Waals surface area contributed by atoms with Crippen molar-refractivity contribution in [1.29, 1.82) is 0 Å². The Labute approximate surface area is 138 Å². The lowest BCUT2D eigenvalue weighted by molar-refractivity contribution is -0.383. The number of carbonyl (C=O) groups excluding carboxylic acids is 1. The summed E-state index contributed by atoms with van der Waals surface area (Å²) >= 11 is 0. The molecular formula is C17H16N4O3. The SMILES string of the molecule is Cc1ccc(NC(=O)Cn2cnc3cccc([N+](=O)[O-])c32)cc1C. The lowest BCUT2D eigenvalue weighted by atomic mass is 10.1. The third-order valence-corrected chi connectivity index (χ3v) is 3.92. The number of fused-ring (bicyclic) bond motifs is 1. The summed E-state index contributed by atoms with van der Waals surface area (Å²) in [6.07, 6.45) is 1.44. The number of rotatable bonds is 4. The van der Waals surface area contributed by atoms with E-state index in [4.69, 9.17) is 0 Å². The summed E-state index contributed by atoms with van der Waals surface area (Å²) in [5, 5.41) is 14.0. The van der Waals surface area contributed by atoms with Crippen molar-refractivity contribution in [3.05, 3.63) is 64.0 Å². The fourth-order valence-electron chi connectivity index (χ4n) is 2.55. The number of nitro benzene ring substituents is 1. The average molecular weight is 324 g/mol. The normalized spacial score (nSPS) is 10.8. The van der Waals surface area contributed by atoms with Crippen LogP contribution < -0.4 is 5.32 Å². The molecule has 0 fully saturated rings. The fraction of sp³-hybridized carbons (Fsp3) is 0.176. The number of nitrogens with zero attached hydrogens (tertiary/aromatic N) is 3. The summed E-state index contributed by atoms with van der Waals surface area (Å²) in [5.41, 5.74) is 3.69. The Hall–Kier alpha value is -3.22. The molecule has 0 aliphatic rings. The van der Waals surface area contributed by atoms with Gasteiger partial charge in [-0.3, -0.25) is 14.9 Å². The van der Waals surface area contributed by atoms with Crippen LogP contribution in [0.4, 0.5) is 11.4 Å². The Kier molecular flexibility index (Phi) is 3.99. The van der Waals surface area contributed by atoms with Crippen molar-refractivity contribution < 1.29 is 9.72 Å². The quantitative estimate of drug-likeness (QED) is 0.589. The van der Waals surface area contributed by atoms with Crippen molar-refractivity contribution in [2.45, 2.75) is 20.4 Å². The number of aromatic nitrogens is 2. The van der Waals surface area contributed by atoms with Gasteiger partial charge in [-0.25, -0.2) is 4.98 Å². The molecule has 0 saturated heterocycles. The van der Waals surface area contributed by atoms with E-state index in [1.165, 1.54) is 17.0 Å². The van der Waals surface area contributed by atoms with E-state index in [2.05, 4.69) is 10.3 Å². The molecule has 2 aromatic carbocycles. The molecule has 1 N–H and O–H groups in total. The van der Waals surface area contributed by atoms with Gasteiger partial charge in [-0.05, 0) is 43.2 Å². The van der Waals surface area contributed by atoms with Crippen molar-refractivity contribution in [1.82, 2.24) is 9.55 Å². The van der Waals surface area contributed by atoms with Gasteiger partial charge in [0.25, 0.3) is 5.69 Å². The molecule has 7 nitrogen and oxygen atoms in total. The van der Waals surface area contributed by atoms with Gasteiger partial charge in [-0.2, -0.15) is 0 Å². The highest BCUT2D eigenvalue weighted by Gasteiger charge is 2.17. The zero-order chi connectivity index (χ0) is 17.3. The average Bonchev–Trinajstić information content (AvgIpc) is 2.94. The number of nitrogens with one attached hydrogen (secondary N) is 1. The molecule has 7 heteroatoms. The van der Waals surface area contributed by atoms with Crippen LogP contribution in [-0.2, 0) is 11.3 Å². The maximum absolute atomic E-state index is 12.3. The van der Waals surface area contributed by atoms with Crippen LogP contribution in [0.3, 0.4) is 0 Å². The van der Waals surface area contributed by atoms with Gasteiger partial charge in [0.2, 0.25) is 5.91 Å². The van der Waals surface area contributed by atoms with Crippen LogP contribution >= 0.6 is 0 Å².